The highest BCUT2D eigenvalue weighted by molar-refractivity contribution is 7.90. The largest absolute Gasteiger partial charge is 0.462 e. The summed E-state index contributed by atoms with van der Waals surface area (Å²) in [5.41, 5.74) is 0.630. The Morgan fingerprint density at radius 2 is 1.75 bits per heavy atom. The normalized spacial score (nSPS) is 11.2. The van der Waals surface area contributed by atoms with E-state index in [4.69, 9.17) is 4.74 Å². The lowest BCUT2D eigenvalue weighted by Crippen LogP contribution is -2.30. The van der Waals surface area contributed by atoms with Crippen LogP contribution in [0.3, 0.4) is 0 Å². The van der Waals surface area contributed by atoms with Crippen molar-refractivity contribution in [1.29, 1.82) is 0 Å². The number of esters is 1. The highest BCUT2D eigenvalue weighted by Gasteiger charge is 2.28. The van der Waals surface area contributed by atoms with Gasteiger partial charge >= 0.3 is 5.97 Å². The molecular formula is C18H28N2O6S2. The van der Waals surface area contributed by atoms with Crippen LogP contribution < -0.4 is 5.32 Å². The summed E-state index contributed by atoms with van der Waals surface area (Å²) in [6.07, 6.45) is 1.28. The molecule has 0 saturated carbocycles. The molecule has 10 heteroatoms. The molecule has 28 heavy (non-hydrogen) atoms. The summed E-state index contributed by atoms with van der Waals surface area (Å²) in [6, 6.07) is 0. The van der Waals surface area contributed by atoms with E-state index in [0.717, 1.165) is 17.6 Å². The zero-order valence-electron chi connectivity index (χ0n) is 17.0. The van der Waals surface area contributed by atoms with E-state index < -0.39 is 21.7 Å². The quantitative estimate of drug-likeness (QED) is 0.569. The van der Waals surface area contributed by atoms with Crippen LogP contribution >= 0.6 is 11.3 Å². The standard InChI is InChI=1S/C18H28N2O6S2/c1-6-20(7-2)17(22)15-12(4)14(18(23)26-8-3)16(27-15)19-13(21)10-9-11-28(5,24)25/h6-11H2,1-5H3,(H,19,21). The zero-order chi connectivity index (χ0) is 21.5. The molecule has 8 nitrogen and oxygen atoms in total. The van der Waals surface area contributed by atoms with Crippen LogP contribution in [0.1, 0.15) is 59.2 Å². The lowest BCUT2D eigenvalue weighted by Gasteiger charge is -2.18. The van der Waals surface area contributed by atoms with Gasteiger partial charge in [-0.1, -0.05) is 0 Å². The van der Waals surface area contributed by atoms with Crippen molar-refractivity contribution in [3.63, 3.8) is 0 Å². The van der Waals surface area contributed by atoms with Gasteiger partial charge in [-0.25, -0.2) is 13.2 Å². The van der Waals surface area contributed by atoms with E-state index in [2.05, 4.69) is 5.32 Å². The summed E-state index contributed by atoms with van der Waals surface area (Å²) in [4.78, 5) is 39.4. The van der Waals surface area contributed by atoms with E-state index in [1.165, 1.54) is 0 Å². The Hall–Kier alpha value is -1.94. The van der Waals surface area contributed by atoms with Crippen molar-refractivity contribution in [2.24, 2.45) is 0 Å². The fourth-order valence-corrected chi connectivity index (χ4v) is 4.44. The molecular weight excluding hydrogens is 404 g/mol. The number of hydrogen-bond donors (Lipinski definition) is 1. The second-order valence-electron chi connectivity index (χ2n) is 6.24. The van der Waals surface area contributed by atoms with Gasteiger partial charge in [0, 0.05) is 25.8 Å². The minimum Gasteiger partial charge on any atom is -0.462 e. The number of hydrogen-bond acceptors (Lipinski definition) is 7. The van der Waals surface area contributed by atoms with Gasteiger partial charge in [-0.15, -0.1) is 11.3 Å². The Morgan fingerprint density at radius 3 is 2.25 bits per heavy atom. The van der Waals surface area contributed by atoms with Crippen LogP contribution in [0.5, 0.6) is 0 Å². The van der Waals surface area contributed by atoms with Gasteiger partial charge < -0.3 is 15.0 Å². The summed E-state index contributed by atoms with van der Waals surface area (Å²) in [5, 5.41) is 2.89. The number of carbonyl (C=O) groups is 3. The lowest BCUT2D eigenvalue weighted by atomic mass is 10.1. The fraction of sp³-hybridized carbons (Fsp3) is 0.611. The van der Waals surface area contributed by atoms with E-state index in [-0.39, 0.29) is 41.7 Å². The molecule has 1 rings (SSSR count). The third kappa shape index (κ3) is 6.59. The molecule has 0 aliphatic rings. The molecule has 0 spiro atoms. The van der Waals surface area contributed by atoms with Crippen molar-refractivity contribution in [2.75, 3.05) is 37.0 Å². The van der Waals surface area contributed by atoms with Gasteiger partial charge in [0.1, 0.15) is 14.8 Å². The van der Waals surface area contributed by atoms with Gasteiger partial charge in [0.2, 0.25) is 5.91 Å². The average Bonchev–Trinajstić information content (AvgIpc) is 2.91. The van der Waals surface area contributed by atoms with Crippen molar-refractivity contribution in [2.45, 2.75) is 40.5 Å². The first-order chi connectivity index (χ1) is 13.1. The van der Waals surface area contributed by atoms with E-state index in [1.54, 1.807) is 18.7 Å². The van der Waals surface area contributed by atoms with E-state index in [9.17, 15) is 22.8 Å². The molecule has 0 aromatic carbocycles. The topological polar surface area (TPSA) is 110 Å². The minimum absolute atomic E-state index is 0.00833. The Labute approximate surface area is 170 Å². The average molecular weight is 433 g/mol. The van der Waals surface area contributed by atoms with Crippen molar-refractivity contribution in [3.8, 4) is 0 Å². The van der Waals surface area contributed by atoms with Crippen molar-refractivity contribution in [1.82, 2.24) is 4.90 Å². The van der Waals surface area contributed by atoms with E-state index in [1.807, 2.05) is 13.8 Å². The predicted molar refractivity (Wildman–Crippen MR) is 110 cm³/mol. The number of sulfone groups is 1. The third-order valence-electron chi connectivity index (χ3n) is 4.04. The summed E-state index contributed by atoms with van der Waals surface area (Å²) in [6.45, 7) is 8.25. The van der Waals surface area contributed by atoms with Gasteiger partial charge in [-0.2, -0.15) is 0 Å². The molecule has 0 bridgehead atoms. The van der Waals surface area contributed by atoms with Crippen molar-refractivity contribution in [3.05, 3.63) is 16.0 Å². The Kier molecular flexibility index (Phi) is 9.09. The second-order valence-corrected chi connectivity index (χ2v) is 9.52. The highest BCUT2D eigenvalue weighted by Crippen LogP contribution is 2.34. The third-order valence-corrected chi connectivity index (χ3v) is 6.27. The maximum atomic E-state index is 12.7. The monoisotopic (exact) mass is 432 g/mol. The first kappa shape index (κ1) is 24.1. The first-order valence-electron chi connectivity index (χ1n) is 9.12. The molecule has 1 aromatic rings. The molecule has 1 heterocycles. The number of ether oxygens (including phenoxy) is 1. The number of amides is 2. The molecule has 0 fully saturated rings. The smallest absolute Gasteiger partial charge is 0.341 e. The molecule has 1 N–H and O–H groups in total. The molecule has 2 amide bonds. The molecule has 1 aromatic heterocycles. The molecule has 0 unspecified atom stereocenters. The summed E-state index contributed by atoms with van der Waals surface area (Å²) in [7, 11) is -3.15. The Balaban J connectivity index is 3.14. The zero-order valence-corrected chi connectivity index (χ0v) is 18.6. The highest BCUT2D eigenvalue weighted by atomic mass is 32.2. The molecule has 0 atom stereocenters. The summed E-state index contributed by atoms with van der Waals surface area (Å²) >= 11 is 1.03. The van der Waals surface area contributed by atoms with Crippen LogP contribution in [0, 0.1) is 6.92 Å². The van der Waals surface area contributed by atoms with Crippen LogP contribution in [-0.4, -0.2) is 62.8 Å². The van der Waals surface area contributed by atoms with E-state index in [0.29, 0.717) is 23.5 Å². The molecule has 158 valence electrons. The molecule has 0 aliphatic heterocycles. The van der Waals surface area contributed by atoms with Crippen LogP contribution in [0.4, 0.5) is 5.00 Å². The van der Waals surface area contributed by atoms with Gasteiger partial charge in [0.15, 0.2) is 0 Å². The number of nitrogens with zero attached hydrogens (tertiary/aromatic N) is 1. The van der Waals surface area contributed by atoms with Gasteiger partial charge in [0.05, 0.1) is 22.8 Å². The van der Waals surface area contributed by atoms with E-state index >= 15 is 0 Å². The number of anilines is 1. The first-order valence-corrected chi connectivity index (χ1v) is 12.0. The van der Waals surface area contributed by atoms with Crippen molar-refractivity contribution < 1.29 is 27.5 Å². The van der Waals surface area contributed by atoms with Crippen LogP contribution in [0.25, 0.3) is 0 Å². The maximum Gasteiger partial charge on any atom is 0.341 e. The van der Waals surface area contributed by atoms with Gasteiger partial charge in [-0.3, -0.25) is 9.59 Å². The Bertz CT molecular complexity index is 825. The Morgan fingerprint density at radius 1 is 1.14 bits per heavy atom. The SMILES string of the molecule is CCOC(=O)c1c(NC(=O)CCCS(C)(=O)=O)sc(C(=O)N(CC)CC)c1C. The number of nitrogens with one attached hydrogen (secondary N) is 1. The number of carbonyl (C=O) groups excluding carboxylic acids is 3. The minimum atomic E-state index is -3.15. The lowest BCUT2D eigenvalue weighted by molar-refractivity contribution is -0.116. The number of rotatable bonds is 10. The number of thiophene rings is 1. The van der Waals surface area contributed by atoms with Crippen LogP contribution in [0.2, 0.25) is 0 Å². The molecule has 0 saturated heterocycles. The fourth-order valence-electron chi connectivity index (χ4n) is 2.59. The summed E-state index contributed by atoms with van der Waals surface area (Å²) < 4.78 is 27.5. The predicted octanol–water partition coefficient (Wildman–Crippen LogP) is 2.48. The maximum absolute atomic E-state index is 12.7. The van der Waals surface area contributed by atoms with Gasteiger partial charge in [0.25, 0.3) is 5.91 Å². The van der Waals surface area contributed by atoms with Crippen molar-refractivity contribution >= 4 is 44.0 Å². The molecule has 0 aliphatic carbocycles. The summed E-state index contributed by atoms with van der Waals surface area (Å²) in [5.74, 6) is -1.34. The van der Waals surface area contributed by atoms with Gasteiger partial charge in [-0.05, 0) is 39.7 Å². The second kappa shape index (κ2) is 10.6. The molecule has 0 radical (unpaired) electrons. The van der Waals surface area contributed by atoms with Crippen LogP contribution in [-0.2, 0) is 19.4 Å². The van der Waals surface area contributed by atoms with Crippen LogP contribution in [0.15, 0.2) is 0 Å².